The number of aromatic amines is 1. The van der Waals surface area contributed by atoms with Crippen LogP contribution >= 0.6 is 0 Å². The van der Waals surface area contributed by atoms with Crippen molar-refractivity contribution in [1.82, 2.24) is 4.98 Å². The van der Waals surface area contributed by atoms with Crippen LogP contribution in [-0.2, 0) is 10.8 Å². The third kappa shape index (κ3) is 1.77. The highest BCUT2D eigenvalue weighted by atomic mass is 32.2. The minimum Gasteiger partial charge on any atom is -0.366 e. The number of nitriles is 1. The third-order valence-corrected chi connectivity index (χ3v) is 3.33. The van der Waals surface area contributed by atoms with Gasteiger partial charge in [0, 0.05) is 34.7 Å². The van der Waals surface area contributed by atoms with Crippen LogP contribution in [0, 0.1) is 11.3 Å². The van der Waals surface area contributed by atoms with Gasteiger partial charge in [-0.15, -0.1) is 0 Å². The van der Waals surface area contributed by atoms with Gasteiger partial charge in [0.1, 0.15) is 6.07 Å². The molecule has 3 nitrogen and oxygen atoms in total. The molecule has 1 heterocycles. The number of rotatable bonds is 2. The molecule has 0 saturated heterocycles. The normalized spacial score (nSPS) is 12.0. The van der Waals surface area contributed by atoms with Gasteiger partial charge in [-0.25, -0.2) is 0 Å². The average Bonchev–Trinajstić information content (AvgIpc) is 2.76. The summed E-state index contributed by atoms with van der Waals surface area (Å²) in [6.45, 7) is 0. The molecule has 16 heavy (non-hydrogen) atoms. The summed E-state index contributed by atoms with van der Waals surface area (Å²) in [5, 5.41) is 8.95. The van der Waals surface area contributed by atoms with E-state index in [-0.39, 0.29) is 0 Å². The Morgan fingerprint density at radius 1 is 1.25 bits per heavy atom. The fourth-order valence-electron chi connectivity index (χ4n) is 1.62. The van der Waals surface area contributed by atoms with Gasteiger partial charge in [0.2, 0.25) is 0 Å². The molecule has 2 rings (SSSR count). The molecule has 0 aliphatic carbocycles. The smallest absolute Gasteiger partial charge is 0.101 e. The van der Waals surface area contributed by atoms with Crippen molar-refractivity contribution in [1.29, 1.82) is 5.26 Å². The number of aromatic nitrogens is 1. The summed E-state index contributed by atoms with van der Waals surface area (Å²) in [4.78, 5) is 3.64. The van der Waals surface area contributed by atoms with Crippen LogP contribution in [0.2, 0.25) is 0 Å². The van der Waals surface area contributed by atoms with Gasteiger partial charge >= 0.3 is 0 Å². The van der Waals surface area contributed by atoms with Crippen molar-refractivity contribution in [3.05, 3.63) is 42.2 Å². The highest BCUT2D eigenvalue weighted by Gasteiger charge is 2.11. The van der Waals surface area contributed by atoms with Gasteiger partial charge < -0.3 is 4.98 Å². The van der Waals surface area contributed by atoms with E-state index in [9.17, 15) is 4.21 Å². The van der Waals surface area contributed by atoms with E-state index in [0.717, 1.165) is 16.0 Å². The molecule has 0 radical (unpaired) electrons. The molecule has 0 aliphatic heterocycles. The van der Waals surface area contributed by atoms with Crippen molar-refractivity contribution in [3.63, 3.8) is 0 Å². The quantitative estimate of drug-likeness (QED) is 0.860. The summed E-state index contributed by atoms with van der Waals surface area (Å²) in [5.41, 5.74) is 2.22. The van der Waals surface area contributed by atoms with Crippen LogP contribution < -0.4 is 0 Å². The van der Waals surface area contributed by atoms with Crippen molar-refractivity contribution in [3.8, 4) is 17.2 Å². The molecule has 0 amide bonds. The Labute approximate surface area is 96.2 Å². The fraction of sp³-hybridized carbons (Fsp3) is 0.0833. The van der Waals surface area contributed by atoms with E-state index < -0.39 is 10.8 Å². The minimum atomic E-state index is -1.06. The summed E-state index contributed by atoms with van der Waals surface area (Å²) < 4.78 is 11.6. The lowest BCUT2D eigenvalue weighted by atomic mass is 10.1. The largest absolute Gasteiger partial charge is 0.366 e. The molecular formula is C12H10N2OS. The van der Waals surface area contributed by atoms with E-state index in [2.05, 4.69) is 11.1 Å². The second-order valence-electron chi connectivity index (χ2n) is 3.34. The Bertz CT molecular complexity index is 581. The summed E-state index contributed by atoms with van der Waals surface area (Å²) in [5.74, 6) is 0. The standard InChI is InChI=1S/C12H10N2OS/c1-16(15)12-5-3-2-4-10(12)11-8-14-7-9(11)6-13/h2-5,7-8,14H,1H3. The van der Waals surface area contributed by atoms with E-state index in [1.165, 1.54) is 0 Å². The molecule has 2 aromatic rings. The molecule has 1 unspecified atom stereocenters. The van der Waals surface area contributed by atoms with Crippen molar-refractivity contribution in [2.45, 2.75) is 4.90 Å². The van der Waals surface area contributed by atoms with Gasteiger partial charge in [-0.05, 0) is 6.07 Å². The van der Waals surface area contributed by atoms with Crippen molar-refractivity contribution in [2.24, 2.45) is 0 Å². The zero-order valence-corrected chi connectivity index (χ0v) is 9.54. The van der Waals surface area contributed by atoms with E-state index >= 15 is 0 Å². The maximum Gasteiger partial charge on any atom is 0.101 e. The molecule has 0 saturated carbocycles. The highest BCUT2D eigenvalue weighted by Crippen LogP contribution is 2.28. The topological polar surface area (TPSA) is 56.6 Å². The molecule has 80 valence electrons. The second kappa shape index (κ2) is 4.33. The maximum atomic E-state index is 11.6. The Balaban J connectivity index is 2.66. The van der Waals surface area contributed by atoms with Gasteiger partial charge in [-0.1, -0.05) is 18.2 Å². The number of hydrogen-bond donors (Lipinski definition) is 1. The first kappa shape index (κ1) is 10.7. The van der Waals surface area contributed by atoms with Crippen LogP contribution in [-0.4, -0.2) is 15.4 Å². The van der Waals surface area contributed by atoms with Gasteiger partial charge in [-0.2, -0.15) is 5.26 Å². The first-order chi connectivity index (χ1) is 7.74. The predicted octanol–water partition coefficient (Wildman–Crippen LogP) is 2.29. The van der Waals surface area contributed by atoms with E-state index in [4.69, 9.17) is 5.26 Å². The number of H-pyrrole nitrogens is 1. The highest BCUT2D eigenvalue weighted by molar-refractivity contribution is 7.84. The minimum absolute atomic E-state index is 0.568. The summed E-state index contributed by atoms with van der Waals surface area (Å²) in [7, 11) is -1.06. The first-order valence-electron chi connectivity index (χ1n) is 4.73. The van der Waals surface area contributed by atoms with Gasteiger partial charge in [0.15, 0.2) is 0 Å². The average molecular weight is 230 g/mol. The lowest BCUT2D eigenvalue weighted by Gasteiger charge is -2.05. The molecule has 1 N–H and O–H groups in total. The molecule has 1 aromatic carbocycles. The summed E-state index contributed by atoms with van der Waals surface area (Å²) >= 11 is 0. The molecule has 0 fully saturated rings. The second-order valence-corrected chi connectivity index (χ2v) is 4.69. The Morgan fingerprint density at radius 3 is 2.69 bits per heavy atom. The zero-order valence-electron chi connectivity index (χ0n) is 8.73. The van der Waals surface area contributed by atoms with Gasteiger partial charge in [-0.3, -0.25) is 4.21 Å². The van der Waals surface area contributed by atoms with Crippen LogP contribution in [0.25, 0.3) is 11.1 Å². The molecule has 1 atom stereocenters. The third-order valence-electron chi connectivity index (χ3n) is 2.35. The predicted molar refractivity (Wildman–Crippen MR) is 63.3 cm³/mol. The number of benzene rings is 1. The molecule has 0 bridgehead atoms. The first-order valence-corrected chi connectivity index (χ1v) is 6.29. The summed E-state index contributed by atoms with van der Waals surface area (Å²) in [6.07, 6.45) is 5.03. The van der Waals surface area contributed by atoms with E-state index in [1.54, 1.807) is 18.6 Å². The number of nitrogens with zero attached hydrogens (tertiary/aromatic N) is 1. The Kier molecular flexibility index (Phi) is 2.88. The molecular weight excluding hydrogens is 220 g/mol. The fourth-order valence-corrected chi connectivity index (χ4v) is 2.38. The van der Waals surface area contributed by atoms with Crippen LogP contribution in [0.3, 0.4) is 0 Å². The molecule has 0 aliphatic rings. The lowest BCUT2D eigenvalue weighted by molar-refractivity contribution is 0.687. The molecule has 4 heteroatoms. The lowest BCUT2D eigenvalue weighted by Crippen LogP contribution is -1.91. The monoisotopic (exact) mass is 230 g/mol. The SMILES string of the molecule is CS(=O)c1ccccc1-c1c[nH]cc1C#N. The van der Waals surface area contributed by atoms with Crippen LogP contribution in [0.15, 0.2) is 41.6 Å². The number of nitrogens with one attached hydrogen (secondary N) is 1. The zero-order chi connectivity index (χ0) is 11.5. The summed E-state index contributed by atoms with van der Waals surface area (Å²) in [6, 6.07) is 9.53. The van der Waals surface area contributed by atoms with Crippen molar-refractivity contribution in [2.75, 3.05) is 6.26 Å². The molecule has 0 spiro atoms. The Morgan fingerprint density at radius 2 is 2.00 bits per heavy atom. The Hall–Kier alpha value is -1.86. The van der Waals surface area contributed by atoms with Gasteiger partial charge in [0.25, 0.3) is 0 Å². The van der Waals surface area contributed by atoms with Crippen LogP contribution in [0.1, 0.15) is 5.56 Å². The maximum absolute atomic E-state index is 11.6. The van der Waals surface area contributed by atoms with Crippen LogP contribution in [0.4, 0.5) is 0 Å². The van der Waals surface area contributed by atoms with Crippen molar-refractivity contribution < 1.29 is 4.21 Å². The van der Waals surface area contributed by atoms with E-state index in [0.29, 0.717) is 5.56 Å². The molecule has 1 aromatic heterocycles. The van der Waals surface area contributed by atoms with Gasteiger partial charge in [0.05, 0.1) is 16.4 Å². The number of hydrogen-bond acceptors (Lipinski definition) is 2. The van der Waals surface area contributed by atoms with Crippen molar-refractivity contribution >= 4 is 10.8 Å². The van der Waals surface area contributed by atoms with E-state index in [1.807, 2.05) is 24.3 Å². The van der Waals surface area contributed by atoms with Crippen LogP contribution in [0.5, 0.6) is 0 Å².